The summed E-state index contributed by atoms with van der Waals surface area (Å²) >= 11 is 0. The van der Waals surface area contributed by atoms with Crippen LogP contribution in [0.15, 0.2) is 40.9 Å². The second-order valence-corrected chi connectivity index (χ2v) is 9.79. The van der Waals surface area contributed by atoms with Crippen LogP contribution in [0.5, 0.6) is 0 Å². The first-order valence-electron chi connectivity index (χ1n) is 10.3. The number of nitrogens with one attached hydrogen (secondary N) is 2. The number of benzene rings is 1. The molecule has 0 atom stereocenters. The number of hydrogen-bond acceptors (Lipinski definition) is 7. The van der Waals surface area contributed by atoms with Crippen LogP contribution in [-0.2, 0) is 23.1 Å². The number of piperazine rings is 1. The van der Waals surface area contributed by atoms with Crippen molar-refractivity contribution in [3.63, 3.8) is 0 Å². The molecule has 4 rings (SSSR count). The van der Waals surface area contributed by atoms with Crippen LogP contribution in [0.1, 0.15) is 17.1 Å². The van der Waals surface area contributed by atoms with Crippen molar-refractivity contribution in [2.75, 3.05) is 37.8 Å². The van der Waals surface area contributed by atoms with Crippen molar-refractivity contribution < 1.29 is 17.6 Å². The molecule has 32 heavy (non-hydrogen) atoms. The quantitative estimate of drug-likeness (QED) is 0.579. The lowest BCUT2D eigenvalue weighted by atomic mass is 10.2. The zero-order valence-corrected chi connectivity index (χ0v) is 18.9. The van der Waals surface area contributed by atoms with Crippen LogP contribution in [0.4, 0.5) is 10.5 Å². The summed E-state index contributed by atoms with van der Waals surface area (Å²) in [5.41, 5.74) is 3.69. The first-order chi connectivity index (χ1) is 15.3. The molecule has 0 radical (unpaired) electrons. The number of nitrogens with zero attached hydrogens (tertiary/aromatic N) is 4. The third kappa shape index (κ3) is 5.42. The predicted molar refractivity (Wildman–Crippen MR) is 121 cm³/mol. The van der Waals surface area contributed by atoms with E-state index in [2.05, 4.69) is 25.5 Å². The molecule has 0 spiro atoms. The number of aryl methyl sites for hydroxylation is 1. The highest BCUT2D eigenvalue weighted by Gasteiger charge is 2.24. The van der Waals surface area contributed by atoms with Crippen LogP contribution in [0.2, 0.25) is 0 Å². The van der Waals surface area contributed by atoms with Gasteiger partial charge in [-0.3, -0.25) is 9.88 Å². The maximum absolute atomic E-state index is 12.2. The van der Waals surface area contributed by atoms with E-state index in [9.17, 15) is 13.2 Å². The Hall–Kier alpha value is -3.02. The molecule has 1 fully saturated rings. The Morgan fingerprint density at radius 1 is 1.16 bits per heavy atom. The van der Waals surface area contributed by atoms with Crippen LogP contribution < -0.4 is 10.6 Å². The molecular weight excluding hydrogens is 432 g/mol. The van der Waals surface area contributed by atoms with E-state index in [0.29, 0.717) is 61.9 Å². The second kappa shape index (κ2) is 9.23. The van der Waals surface area contributed by atoms with Gasteiger partial charge in [0, 0.05) is 44.0 Å². The van der Waals surface area contributed by atoms with Crippen molar-refractivity contribution in [3.05, 3.63) is 53.7 Å². The molecule has 1 aromatic carbocycles. The zero-order valence-electron chi connectivity index (χ0n) is 18.0. The lowest BCUT2D eigenvalue weighted by Crippen LogP contribution is -2.47. The molecular formula is C21H26N6O4S. The first-order valence-corrected chi connectivity index (χ1v) is 12.1. The van der Waals surface area contributed by atoms with Crippen LogP contribution in [0, 0.1) is 6.92 Å². The molecule has 1 aliphatic heterocycles. The minimum absolute atomic E-state index is 0.293. The van der Waals surface area contributed by atoms with E-state index in [1.54, 1.807) is 12.3 Å². The summed E-state index contributed by atoms with van der Waals surface area (Å²) in [5, 5.41) is 5.58. The third-order valence-corrected chi connectivity index (χ3v) is 6.62. The van der Waals surface area contributed by atoms with E-state index in [1.165, 1.54) is 10.6 Å². The fourth-order valence-electron chi connectivity index (χ4n) is 3.56. The predicted octanol–water partition coefficient (Wildman–Crippen LogP) is 1.93. The van der Waals surface area contributed by atoms with Gasteiger partial charge in [-0.1, -0.05) is 12.1 Å². The minimum atomic E-state index is -3.16. The van der Waals surface area contributed by atoms with Crippen LogP contribution in [-0.4, -0.2) is 66.1 Å². The van der Waals surface area contributed by atoms with Crippen LogP contribution in [0.25, 0.3) is 11.1 Å². The third-order valence-electron chi connectivity index (χ3n) is 5.31. The van der Waals surface area contributed by atoms with E-state index in [1.807, 2.05) is 31.2 Å². The molecule has 3 heterocycles. The van der Waals surface area contributed by atoms with E-state index in [4.69, 9.17) is 4.42 Å². The molecule has 0 aliphatic carbocycles. The van der Waals surface area contributed by atoms with E-state index >= 15 is 0 Å². The standard InChI is InChI=1S/C21H26N6O4S/c1-15-6-7-17(13-22-15)24-21(28)23-12-16-4-3-5-18-20(16)25-19(31-18)14-26-8-10-27(11-9-26)32(2,29)30/h3-7,13H,8-12,14H2,1-2H3,(H2,23,24,28). The van der Waals surface area contributed by atoms with Gasteiger partial charge in [-0.15, -0.1) is 0 Å². The van der Waals surface area contributed by atoms with Gasteiger partial charge in [-0.25, -0.2) is 18.2 Å². The lowest BCUT2D eigenvalue weighted by Gasteiger charge is -2.32. The number of hydrogen-bond donors (Lipinski definition) is 2. The number of anilines is 1. The van der Waals surface area contributed by atoms with Crippen molar-refractivity contribution in [1.82, 2.24) is 24.5 Å². The first kappa shape index (κ1) is 22.2. The molecule has 2 N–H and O–H groups in total. The normalized spacial score (nSPS) is 15.7. The Kier molecular flexibility index (Phi) is 6.40. The summed E-state index contributed by atoms with van der Waals surface area (Å²) in [4.78, 5) is 23.1. The van der Waals surface area contributed by atoms with Crippen molar-refractivity contribution >= 4 is 32.8 Å². The number of urea groups is 1. The summed E-state index contributed by atoms with van der Waals surface area (Å²) < 4.78 is 30.7. The number of rotatable bonds is 6. The largest absolute Gasteiger partial charge is 0.439 e. The molecule has 0 unspecified atom stereocenters. The molecule has 2 aromatic heterocycles. The highest BCUT2D eigenvalue weighted by molar-refractivity contribution is 7.88. The van der Waals surface area contributed by atoms with Gasteiger partial charge in [0.25, 0.3) is 0 Å². The van der Waals surface area contributed by atoms with Crippen LogP contribution in [0.3, 0.4) is 0 Å². The van der Waals surface area contributed by atoms with Crippen molar-refractivity contribution in [1.29, 1.82) is 0 Å². The van der Waals surface area contributed by atoms with Gasteiger partial charge < -0.3 is 15.1 Å². The number of amides is 2. The summed E-state index contributed by atoms with van der Waals surface area (Å²) in [5.74, 6) is 0.565. The Morgan fingerprint density at radius 3 is 2.62 bits per heavy atom. The van der Waals surface area contributed by atoms with Gasteiger partial charge in [-0.2, -0.15) is 4.31 Å². The number of sulfonamides is 1. The monoisotopic (exact) mass is 458 g/mol. The summed E-state index contributed by atoms with van der Waals surface area (Å²) in [7, 11) is -3.16. The molecule has 0 saturated carbocycles. The number of carbonyl (C=O) groups is 1. The molecule has 3 aromatic rings. The van der Waals surface area contributed by atoms with E-state index in [-0.39, 0.29) is 6.03 Å². The highest BCUT2D eigenvalue weighted by Crippen LogP contribution is 2.21. The smallest absolute Gasteiger partial charge is 0.319 e. The Balaban J connectivity index is 1.37. The SMILES string of the molecule is Cc1ccc(NC(=O)NCc2cccc3oc(CN4CCN(S(C)(=O)=O)CC4)nc23)cn1. The van der Waals surface area contributed by atoms with Gasteiger partial charge in [0.2, 0.25) is 15.9 Å². The van der Waals surface area contributed by atoms with Gasteiger partial charge in [0.05, 0.1) is 24.7 Å². The number of oxazole rings is 1. The molecule has 1 saturated heterocycles. The maximum atomic E-state index is 12.2. The number of fused-ring (bicyclic) bond motifs is 1. The fraction of sp³-hybridized carbons (Fsp3) is 0.381. The molecule has 0 bridgehead atoms. The Morgan fingerprint density at radius 2 is 1.94 bits per heavy atom. The summed E-state index contributed by atoms with van der Waals surface area (Å²) in [6.07, 6.45) is 2.84. The molecule has 1 aliphatic rings. The topological polar surface area (TPSA) is 121 Å². The Bertz CT molecular complexity index is 1200. The molecule has 2 amide bonds. The van der Waals surface area contributed by atoms with Gasteiger partial charge >= 0.3 is 6.03 Å². The number of carbonyl (C=O) groups excluding carboxylic acids is 1. The van der Waals surface area contributed by atoms with Gasteiger partial charge in [0.15, 0.2) is 5.58 Å². The average Bonchev–Trinajstić information content (AvgIpc) is 3.16. The minimum Gasteiger partial charge on any atom is -0.439 e. The van der Waals surface area contributed by atoms with Gasteiger partial charge in [-0.05, 0) is 25.1 Å². The van der Waals surface area contributed by atoms with Crippen molar-refractivity contribution in [2.45, 2.75) is 20.0 Å². The lowest BCUT2D eigenvalue weighted by molar-refractivity contribution is 0.170. The van der Waals surface area contributed by atoms with E-state index < -0.39 is 10.0 Å². The summed E-state index contributed by atoms with van der Waals surface area (Å²) in [6.45, 7) is 4.83. The summed E-state index contributed by atoms with van der Waals surface area (Å²) in [6, 6.07) is 8.89. The zero-order chi connectivity index (χ0) is 22.7. The maximum Gasteiger partial charge on any atom is 0.319 e. The number of para-hydroxylation sites is 1. The fourth-order valence-corrected chi connectivity index (χ4v) is 4.39. The molecule has 170 valence electrons. The van der Waals surface area contributed by atoms with Crippen LogP contribution >= 0.6 is 0 Å². The second-order valence-electron chi connectivity index (χ2n) is 7.81. The van der Waals surface area contributed by atoms with E-state index in [0.717, 1.165) is 11.3 Å². The molecule has 11 heteroatoms. The van der Waals surface area contributed by atoms with Crippen molar-refractivity contribution in [3.8, 4) is 0 Å². The van der Waals surface area contributed by atoms with Gasteiger partial charge in [0.1, 0.15) is 5.52 Å². The highest BCUT2D eigenvalue weighted by atomic mass is 32.2. The van der Waals surface area contributed by atoms with Crippen molar-refractivity contribution in [2.24, 2.45) is 0 Å². The average molecular weight is 459 g/mol. The molecule has 10 nitrogen and oxygen atoms in total. The number of aromatic nitrogens is 2. The number of pyridine rings is 1. The Labute approximate surface area is 186 Å².